The van der Waals surface area contributed by atoms with Crippen LogP contribution >= 0.6 is 23.2 Å². The minimum absolute atomic E-state index is 0.326. The summed E-state index contributed by atoms with van der Waals surface area (Å²) in [4.78, 5) is 0. The van der Waals surface area contributed by atoms with Crippen LogP contribution in [-0.4, -0.2) is 18.0 Å². The van der Waals surface area contributed by atoms with Crippen molar-refractivity contribution in [3.05, 3.63) is 40.4 Å². The summed E-state index contributed by atoms with van der Waals surface area (Å²) in [7, 11) is 0. The Kier molecular flexibility index (Phi) is 4.46. The molecule has 0 aromatic heterocycles. The van der Waals surface area contributed by atoms with Crippen LogP contribution in [0.1, 0.15) is 5.56 Å². The van der Waals surface area contributed by atoms with Crippen LogP contribution in [0.5, 0.6) is 5.75 Å². The van der Waals surface area contributed by atoms with Gasteiger partial charge in [0, 0.05) is 0 Å². The first kappa shape index (κ1) is 11.9. The van der Waals surface area contributed by atoms with E-state index >= 15 is 0 Å². The lowest BCUT2D eigenvalue weighted by atomic mass is 10.2. The summed E-state index contributed by atoms with van der Waals surface area (Å²) < 4.78 is 5.26. The van der Waals surface area contributed by atoms with Crippen molar-refractivity contribution in [3.8, 4) is 5.75 Å². The smallest absolute Gasteiger partial charge is 0.156 e. The Morgan fingerprint density at radius 2 is 2.00 bits per heavy atom. The highest BCUT2D eigenvalue weighted by atomic mass is 35.5. The van der Waals surface area contributed by atoms with Crippen molar-refractivity contribution < 1.29 is 9.94 Å². The van der Waals surface area contributed by atoms with E-state index in [1.54, 1.807) is 18.2 Å². The minimum atomic E-state index is 0.326. The summed E-state index contributed by atoms with van der Waals surface area (Å²) in [5.41, 5.74) is 0.596. The number of nitrogens with zero attached hydrogens (tertiary/aromatic N) is 1. The van der Waals surface area contributed by atoms with Crippen molar-refractivity contribution in [2.24, 2.45) is 5.16 Å². The third kappa shape index (κ3) is 3.15. The van der Waals surface area contributed by atoms with Gasteiger partial charge in [0.15, 0.2) is 5.75 Å². The summed E-state index contributed by atoms with van der Waals surface area (Å²) in [6, 6.07) is 3.18. The van der Waals surface area contributed by atoms with E-state index < -0.39 is 0 Å². The molecule has 0 fully saturated rings. The van der Waals surface area contributed by atoms with E-state index in [0.29, 0.717) is 28.0 Å². The molecule has 0 amide bonds. The maximum absolute atomic E-state index is 8.35. The molecule has 0 aliphatic heterocycles. The molecule has 3 nitrogen and oxygen atoms in total. The molecule has 1 aromatic carbocycles. The van der Waals surface area contributed by atoms with Crippen LogP contribution in [0.4, 0.5) is 0 Å². The Labute approximate surface area is 97.6 Å². The number of hydrogen-bond acceptors (Lipinski definition) is 3. The van der Waals surface area contributed by atoms with Gasteiger partial charge < -0.3 is 9.94 Å². The van der Waals surface area contributed by atoms with E-state index in [1.807, 2.05) is 0 Å². The Bertz CT molecular complexity index is 368. The lowest BCUT2D eigenvalue weighted by Crippen LogP contribution is -1.95. The number of halogens is 2. The van der Waals surface area contributed by atoms with E-state index in [0.717, 1.165) is 0 Å². The normalized spacial score (nSPS) is 10.5. The molecule has 0 saturated heterocycles. The number of oxime groups is 1. The van der Waals surface area contributed by atoms with Crippen LogP contribution in [0, 0.1) is 0 Å². The van der Waals surface area contributed by atoms with Crippen LogP contribution in [-0.2, 0) is 0 Å². The zero-order valence-corrected chi connectivity index (χ0v) is 9.29. The van der Waals surface area contributed by atoms with E-state index in [1.165, 1.54) is 6.21 Å². The Hall–Kier alpha value is -1.19. The zero-order chi connectivity index (χ0) is 11.3. The molecule has 0 aliphatic rings. The monoisotopic (exact) mass is 245 g/mol. The molecule has 1 N–H and O–H groups in total. The molecule has 0 bridgehead atoms. The molecule has 0 atom stereocenters. The Morgan fingerprint density at radius 3 is 2.47 bits per heavy atom. The lowest BCUT2D eigenvalue weighted by molar-refractivity contribution is 0.322. The molecule has 0 unspecified atom stereocenters. The molecule has 15 heavy (non-hydrogen) atoms. The third-order valence-electron chi connectivity index (χ3n) is 1.57. The Morgan fingerprint density at radius 1 is 1.40 bits per heavy atom. The van der Waals surface area contributed by atoms with Gasteiger partial charge >= 0.3 is 0 Å². The first-order valence-corrected chi connectivity index (χ1v) is 4.84. The lowest BCUT2D eigenvalue weighted by Gasteiger charge is -2.08. The average Bonchev–Trinajstić information content (AvgIpc) is 2.17. The van der Waals surface area contributed by atoms with Gasteiger partial charge in [-0.15, -0.1) is 0 Å². The second-order valence-electron chi connectivity index (χ2n) is 2.66. The molecular weight excluding hydrogens is 237 g/mol. The van der Waals surface area contributed by atoms with Gasteiger partial charge in [-0.3, -0.25) is 0 Å². The number of benzene rings is 1. The SMILES string of the molecule is C=CCOc1c(Cl)cc(/C=N\O)cc1Cl. The van der Waals surface area contributed by atoms with Crippen molar-refractivity contribution in [1.29, 1.82) is 0 Å². The molecule has 0 spiro atoms. The predicted octanol–water partition coefficient (Wildman–Crippen LogP) is 3.37. The maximum Gasteiger partial charge on any atom is 0.156 e. The molecule has 5 heteroatoms. The van der Waals surface area contributed by atoms with Gasteiger partial charge in [-0.25, -0.2) is 0 Å². The fourth-order valence-corrected chi connectivity index (χ4v) is 1.61. The van der Waals surface area contributed by atoms with E-state index in [2.05, 4.69) is 11.7 Å². The number of hydrogen-bond donors (Lipinski definition) is 1. The average molecular weight is 246 g/mol. The van der Waals surface area contributed by atoms with Crippen molar-refractivity contribution in [3.63, 3.8) is 0 Å². The molecule has 1 aromatic rings. The van der Waals surface area contributed by atoms with Crippen molar-refractivity contribution in [1.82, 2.24) is 0 Å². The molecule has 1 rings (SSSR count). The third-order valence-corrected chi connectivity index (χ3v) is 2.13. The summed E-state index contributed by atoms with van der Waals surface area (Å²) in [6.45, 7) is 3.84. The largest absolute Gasteiger partial charge is 0.486 e. The van der Waals surface area contributed by atoms with Crippen LogP contribution in [0.25, 0.3) is 0 Å². The summed E-state index contributed by atoms with van der Waals surface area (Å²) in [5.74, 6) is 0.397. The number of rotatable bonds is 4. The first-order valence-electron chi connectivity index (χ1n) is 4.09. The highest BCUT2D eigenvalue weighted by molar-refractivity contribution is 6.37. The van der Waals surface area contributed by atoms with E-state index in [4.69, 9.17) is 33.1 Å². The summed E-state index contributed by atoms with van der Waals surface area (Å²) >= 11 is 11.8. The van der Waals surface area contributed by atoms with E-state index in [9.17, 15) is 0 Å². The van der Waals surface area contributed by atoms with Crippen molar-refractivity contribution in [2.75, 3.05) is 6.61 Å². The van der Waals surface area contributed by atoms with Gasteiger partial charge in [-0.1, -0.05) is 41.0 Å². The van der Waals surface area contributed by atoms with E-state index in [-0.39, 0.29) is 0 Å². The molecule has 0 heterocycles. The fourth-order valence-electron chi connectivity index (χ4n) is 1.00. The minimum Gasteiger partial charge on any atom is -0.486 e. The highest BCUT2D eigenvalue weighted by Gasteiger charge is 2.08. The van der Waals surface area contributed by atoms with Gasteiger partial charge in [0.1, 0.15) is 6.61 Å². The zero-order valence-electron chi connectivity index (χ0n) is 7.78. The quantitative estimate of drug-likeness (QED) is 0.383. The van der Waals surface area contributed by atoms with Crippen molar-refractivity contribution in [2.45, 2.75) is 0 Å². The number of ether oxygens (including phenoxy) is 1. The van der Waals surface area contributed by atoms with Crippen LogP contribution in [0.3, 0.4) is 0 Å². The van der Waals surface area contributed by atoms with Gasteiger partial charge in [0.05, 0.1) is 16.3 Å². The fraction of sp³-hybridized carbons (Fsp3) is 0.100. The van der Waals surface area contributed by atoms with Crippen LogP contribution in [0.15, 0.2) is 29.9 Å². The van der Waals surface area contributed by atoms with Gasteiger partial charge in [0.25, 0.3) is 0 Å². The van der Waals surface area contributed by atoms with Gasteiger partial charge in [-0.2, -0.15) is 0 Å². The highest BCUT2D eigenvalue weighted by Crippen LogP contribution is 2.33. The molecule has 80 valence electrons. The summed E-state index contributed by atoms with van der Waals surface area (Å²) in [6.07, 6.45) is 2.82. The molecule has 0 radical (unpaired) electrons. The molecule has 0 aliphatic carbocycles. The van der Waals surface area contributed by atoms with Crippen LogP contribution in [0.2, 0.25) is 10.0 Å². The van der Waals surface area contributed by atoms with Crippen LogP contribution < -0.4 is 4.74 Å². The maximum atomic E-state index is 8.35. The summed E-state index contributed by atoms with van der Waals surface area (Å²) in [5, 5.41) is 12.0. The topological polar surface area (TPSA) is 41.8 Å². The second-order valence-corrected chi connectivity index (χ2v) is 3.47. The van der Waals surface area contributed by atoms with Gasteiger partial charge in [-0.05, 0) is 17.7 Å². The molecule has 0 saturated carbocycles. The van der Waals surface area contributed by atoms with Gasteiger partial charge in [0.2, 0.25) is 0 Å². The first-order chi connectivity index (χ1) is 7.19. The standard InChI is InChI=1S/C10H9Cl2NO2/c1-2-3-15-10-8(11)4-7(6-13-14)5-9(10)12/h2,4-6,14H,1,3H2/b13-6-. The second kappa shape index (κ2) is 5.63. The predicted molar refractivity (Wildman–Crippen MR) is 61.5 cm³/mol. The van der Waals surface area contributed by atoms with Crippen molar-refractivity contribution >= 4 is 29.4 Å². The molecular formula is C10H9Cl2NO2. The Balaban J connectivity index is 3.03.